The van der Waals surface area contributed by atoms with E-state index < -0.39 is 0 Å². The van der Waals surface area contributed by atoms with Crippen molar-refractivity contribution < 1.29 is 9.21 Å². The second-order valence-electron chi connectivity index (χ2n) is 4.84. The number of Topliss-reactive ketones (excluding diaryl/α,β-unsaturated/α-hetero) is 1. The van der Waals surface area contributed by atoms with E-state index in [4.69, 9.17) is 4.42 Å². The first kappa shape index (κ1) is 12.3. The van der Waals surface area contributed by atoms with Gasteiger partial charge in [-0.15, -0.1) is 11.3 Å². The number of carbonyl (C=O) groups excluding carboxylic acids is 1. The topological polar surface area (TPSA) is 43.1 Å². The summed E-state index contributed by atoms with van der Waals surface area (Å²) in [6.07, 6.45) is 0.245. The maximum absolute atomic E-state index is 12.3. The van der Waals surface area contributed by atoms with E-state index in [0.717, 1.165) is 21.2 Å². The first-order chi connectivity index (χ1) is 10.3. The molecule has 4 aromatic rings. The summed E-state index contributed by atoms with van der Waals surface area (Å²) >= 11 is 1.43. The third-order valence-corrected chi connectivity index (χ3v) is 4.42. The second kappa shape index (κ2) is 4.82. The van der Waals surface area contributed by atoms with Crippen LogP contribution >= 0.6 is 11.3 Å². The molecule has 0 saturated heterocycles. The molecule has 21 heavy (non-hydrogen) atoms. The molecular formula is C17H11NO2S. The van der Waals surface area contributed by atoms with Gasteiger partial charge in [-0.05, 0) is 24.3 Å². The fourth-order valence-electron chi connectivity index (χ4n) is 2.35. The Kier molecular flexibility index (Phi) is 2.82. The molecule has 2 aromatic carbocycles. The molecule has 0 atom stereocenters. The van der Waals surface area contributed by atoms with E-state index >= 15 is 0 Å². The molecule has 4 rings (SSSR count). The Balaban J connectivity index is 1.65. The number of hydrogen-bond acceptors (Lipinski definition) is 4. The lowest BCUT2D eigenvalue weighted by Gasteiger charge is -1.92. The van der Waals surface area contributed by atoms with Crippen LogP contribution in [0.2, 0.25) is 0 Å². The van der Waals surface area contributed by atoms with E-state index in [1.54, 1.807) is 0 Å². The van der Waals surface area contributed by atoms with Crippen molar-refractivity contribution in [3.8, 4) is 0 Å². The predicted molar refractivity (Wildman–Crippen MR) is 83.9 cm³/mol. The van der Waals surface area contributed by atoms with Gasteiger partial charge in [-0.25, -0.2) is 4.98 Å². The Morgan fingerprint density at radius 1 is 1.10 bits per heavy atom. The van der Waals surface area contributed by atoms with Crippen molar-refractivity contribution in [2.75, 3.05) is 0 Å². The van der Waals surface area contributed by atoms with Crippen molar-refractivity contribution in [3.63, 3.8) is 0 Å². The van der Waals surface area contributed by atoms with Crippen LogP contribution in [0.25, 0.3) is 21.2 Å². The molecule has 0 N–H and O–H groups in total. The highest BCUT2D eigenvalue weighted by Gasteiger charge is 2.15. The van der Waals surface area contributed by atoms with Gasteiger partial charge >= 0.3 is 0 Å². The van der Waals surface area contributed by atoms with E-state index in [0.29, 0.717) is 10.8 Å². The van der Waals surface area contributed by atoms with Crippen molar-refractivity contribution in [3.05, 3.63) is 65.4 Å². The molecule has 0 aliphatic heterocycles. The highest BCUT2D eigenvalue weighted by Crippen LogP contribution is 2.24. The number of rotatable bonds is 3. The normalized spacial score (nSPS) is 11.2. The Hall–Kier alpha value is -2.46. The van der Waals surface area contributed by atoms with Crippen LogP contribution in [-0.2, 0) is 6.42 Å². The van der Waals surface area contributed by atoms with Crippen molar-refractivity contribution in [1.82, 2.24) is 4.98 Å². The van der Waals surface area contributed by atoms with Crippen LogP contribution < -0.4 is 0 Å². The fourth-order valence-corrected chi connectivity index (χ4v) is 3.25. The third kappa shape index (κ3) is 2.23. The molecule has 0 saturated carbocycles. The number of aromatic nitrogens is 1. The van der Waals surface area contributed by atoms with Crippen LogP contribution in [0.15, 0.2) is 59.0 Å². The molecule has 102 valence electrons. The first-order valence-corrected chi connectivity index (χ1v) is 7.47. The zero-order valence-corrected chi connectivity index (χ0v) is 11.9. The van der Waals surface area contributed by atoms with Crippen LogP contribution in [0.5, 0.6) is 0 Å². The SMILES string of the molecule is O=C(Cc1cc2ccccc2o1)c1nc2ccccc2s1. The molecule has 0 radical (unpaired) electrons. The lowest BCUT2D eigenvalue weighted by atomic mass is 10.2. The molecule has 2 heterocycles. The predicted octanol–water partition coefficient (Wildman–Crippen LogP) is 4.47. The number of fused-ring (bicyclic) bond motifs is 2. The van der Waals surface area contributed by atoms with E-state index in [1.807, 2.05) is 54.6 Å². The van der Waals surface area contributed by atoms with Gasteiger partial charge in [-0.1, -0.05) is 30.3 Å². The van der Waals surface area contributed by atoms with Crippen LogP contribution in [0.4, 0.5) is 0 Å². The van der Waals surface area contributed by atoms with Gasteiger partial charge in [-0.2, -0.15) is 0 Å². The minimum Gasteiger partial charge on any atom is -0.461 e. The smallest absolute Gasteiger partial charge is 0.198 e. The Morgan fingerprint density at radius 2 is 1.90 bits per heavy atom. The highest BCUT2D eigenvalue weighted by molar-refractivity contribution is 7.20. The number of nitrogens with zero attached hydrogens (tertiary/aromatic N) is 1. The maximum atomic E-state index is 12.3. The second-order valence-corrected chi connectivity index (χ2v) is 5.87. The molecule has 0 aliphatic carbocycles. The number of thiazole rings is 1. The van der Waals surface area contributed by atoms with Crippen molar-refractivity contribution in [2.24, 2.45) is 0 Å². The Bertz CT molecular complexity index is 885. The fraction of sp³-hybridized carbons (Fsp3) is 0.0588. The Morgan fingerprint density at radius 3 is 2.76 bits per heavy atom. The molecule has 0 unspecified atom stereocenters. The van der Waals surface area contributed by atoms with Crippen molar-refractivity contribution in [2.45, 2.75) is 6.42 Å². The van der Waals surface area contributed by atoms with Gasteiger partial charge in [0.25, 0.3) is 0 Å². The number of para-hydroxylation sites is 2. The average molecular weight is 293 g/mol. The van der Waals surface area contributed by atoms with Gasteiger partial charge < -0.3 is 4.42 Å². The summed E-state index contributed by atoms with van der Waals surface area (Å²) in [5, 5.41) is 1.56. The lowest BCUT2D eigenvalue weighted by molar-refractivity contribution is 0.0987. The van der Waals surface area contributed by atoms with E-state index in [9.17, 15) is 4.79 Å². The van der Waals surface area contributed by atoms with Gasteiger partial charge in [0.15, 0.2) is 10.8 Å². The Labute approximate surface area is 124 Å². The monoisotopic (exact) mass is 293 g/mol. The standard InChI is InChI=1S/C17H11NO2S/c19-14(17-18-13-6-2-4-8-16(13)21-17)10-12-9-11-5-1-3-7-15(11)20-12/h1-9H,10H2. The number of carbonyl (C=O) groups is 1. The molecule has 2 aromatic heterocycles. The molecule has 0 fully saturated rings. The van der Waals surface area contributed by atoms with Crippen LogP contribution in [0.1, 0.15) is 15.6 Å². The molecule has 0 bridgehead atoms. The van der Waals surface area contributed by atoms with E-state index in [2.05, 4.69) is 4.98 Å². The summed E-state index contributed by atoms with van der Waals surface area (Å²) in [5.41, 5.74) is 1.68. The lowest BCUT2D eigenvalue weighted by Crippen LogP contribution is -2.01. The van der Waals surface area contributed by atoms with E-state index in [-0.39, 0.29) is 12.2 Å². The highest BCUT2D eigenvalue weighted by atomic mass is 32.1. The third-order valence-electron chi connectivity index (χ3n) is 3.34. The number of hydrogen-bond donors (Lipinski definition) is 0. The van der Waals surface area contributed by atoms with Gasteiger partial charge in [0.05, 0.1) is 16.6 Å². The summed E-state index contributed by atoms with van der Waals surface area (Å²) in [5.74, 6) is 0.677. The van der Waals surface area contributed by atoms with Crippen molar-refractivity contribution in [1.29, 1.82) is 0 Å². The van der Waals surface area contributed by atoms with Gasteiger partial charge in [0.2, 0.25) is 0 Å². The number of benzene rings is 2. The molecule has 4 heteroatoms. The number of furan rings is 1. The largest absolute Gasteiger partial charge is 0.461 e. The quantitative estimate of drug-likeness (QED) is 0.523. The van der Waals surface area contributed by atoms with Gasteiger partial charge in [0, 0.05) is 5.39 Å². The molecule has 3 nitrogen and oxygen atoms in total. The summed E-state index contributed by atoms with van der Waals surface area (Å²) in [6.45, 7) is 0. The summed E-state index contributed by atoms with van der Waals surface area (Å²) in [4.78, 5) is 16.7. The molecule has 0 amide bonds. The van der Waals surface area contributed by atoms with Gasteiger partial charge in [-0.3, -0.25) is 4.79 Å². The molecule has 0 aliphatic rings. The van der Waals surface area contributed by atoms with Crippen molar-refractivity contribution >= 4 is 38.3 Å². The van der Waals surface area contributed by atoms with Crippen LogP contribution in [-0.4, -0.2) is 10.8 Å². The summed E-state index contributed by atoms with van der Waals surface area (Å²) in [6, 6.07) is 17.5. The summed E-state index contributed by atoms with van der Waals surface area (Å²) < 4.78 is 6.72. The number of ketones is 1. The average Bonchev–Trinajstić information content (AvgIpc) is 3.10. The molecular weight excluding hydrogens is 282 g/mol. The minimum absolute atomic E-state index is 0.00439. The minimum atomic E-state index is -0.00439. The van der Waals surface area contributed by atoms with Gasteiger partial charge in [0.1, 0.15) is 11.3 Å². The summed E-state index contributed by atoms with van der Waals surface area (Å²) in [7, 11) is 0. The van der Waals surface area contributed by atoms with Crippen LogP contribution in [0, 0.1) is 0 Å². The maximum Gasteiger partial charge on any atom is 0.198 e. The zero-order valence-electron chi connectivity index (χ0n) is 11.1. The first-order valence-electron chi connectivity index (χ1n) is 6.66. The molecule has 0 spiro atoms. The van der Waals surface area contributed by atoms with E-state index in [1.165, 1.54) is 11.3 Å². The zero-order chi connectivity index (χ0) is 14.2. The van der Waals surface area contributed by atoms with Crippen LogP contribution in [0.3, 0.4) is 0 Å².